The fraction of sp³-hybridized carbons (Fsp3) is 0.571. The second kappa shape index (κ2) is 3.28. The normalized spacial score (nSPS) is 15.2. The van der Waals surface area contributed by atoms with Gasteiger partial charge in [0, 0.05) is 0 Å². The van der Waals surface area contributed by atoms with E-state index in [0.717, 1.165) is 5.57 Å². The summed E-state index contributed by atoms with van der Waals surface area (Å²) >= 11 is 0. The summed E-state index contributed by atoms with van der Waals surface area (Å²) in [5.74, 6) is -1.46. The monoisotopic (exact) mass is 127 g/mol. The van der Waals surface area contributed by atoms with Gasteiger partial charge in [0.2, 0.25) is 0 Å². The van der Waals surface area contributed by atoms with Crippen molar-refractivity contribution in [3.63, 3.8) is 0 Å². The van der Waals surface area contributed by atoms with Crippen molar-refractivity contribution < 1.29 is 9.90 Å². The highest BCUT2D eigenvalue weighted by Gasteiger charge is 2.13. The van der Waals surface area contributed by atoms with E-state index in [4.69, 9.17) is 0 Å². The number of hydrogen-bond donors (Lipinski definition) is 0. The zero-order valence-electron chi connectivity index (χ0n) is 5.97. The molecule has 0 aliphatic heterocycles. The number of rotatable bonds is 2. The van der Waals surface area contributed by atoms with Gasteiger partial charge in [0.1, 0.15) is 0 Å². The molecule has 0 aromatic heterocycles. The second-order valence-electron chi connectivity index (χ2n) is 2.07. The van der Waals surface area contributed by atoms with Gasteiger partial charge in [-0.25, -0.2) is 9.90 Å². The summed E-state index contributed by atoms with van der Waals surface area (Å²) in [6, 6.07) is 0. The van der Waals surface area contributed by atoms with Crippen molar-refractivity contribution in [3.05, 3.63) is 11.6 Å². The predicted octanol–water partition coefficient (Wildman–Crippen LogP) is 1.55. The van der Waals surface area contributed by atoms with Crippen molar-refractivity contribution in [1.82, 2.24) is 0 Å². The van der Waals surface area contributed by atoms with E-state index in [2.05, 4.69) is 0 Å². The Hall–Kier alpha value is -0.790. The minimum Gasteiger partial charge on any atom is -0.247 e. The molecule has 9 heavy (non-hydrogen) atoms. The molecule has 0 amide bonds. The maximum absolute atomic E-state index is 10.1. The van der Waals surface area contributed by atoms with E-state index >= 15 is 0 Å². The molecule has 0 spiro atoms. The highest BCUT2D eigenvalue weighted by molar-refractivity contribution is 5.72. The average Bonchev–Trinajstić information content (AvgIpc) is 1.84. The molecule has 0 saturated heterocycles. The summed E-state index contributed by atoms with van der Waals surface area (Å²) < 4.78 is 0. The van der Waals surface area contributed by atoms with Crippen LogP contribution in [0.3, 0.4) is 0 Å². The van der Waals surface area contributed by atoms with Crippen LogP contribution < -0.4 is 0 Å². The lowest BCUT2D eigenvalue weighted by atomic mass is 10.0. The van der Waals surface area contributed by atoms with Crippen LogP contribution in [0.5, 0.6) is 0 Å². The largest absolute Gasteiger partial charge is 0.362 e. The molecule has 0 aliphatic rings. The van der Waals surface area contributed by atoms with Gasteiger partial charge < -0.3 is 0 Å². The average molecular weight is 127 g/mol. The summed E-state index contributed by atoms with van der Waals surface area (Å²) in [5, 5.41) is 10.1. The molecule has 1 radical (unpaired) electrons. The number of hydrogen-bond acceptors (Lipinski definition) is 1. The Morgan fingerprint density at radius 2 is 2.00 bits per heavy atom. The summed E-state index contributed by atoms with van der Waals surface area (Å²) in [5.41, 5.74) is 0.843. The highest BCUT2D eigenvalue weighted by Crippen LogP contribution is 2.08. The SMILES string of the molecule is CC=C(C)C(C)C([O])=O. The maximum atomic E-state index is 10.1. The molecule has 1 atom stereocenters. The molecular formula is C7H11O2. The molecule has 2 heteroatoms. The summed E-state index contributed by atoms with van der Waals surface area (Å²) in [6.07, 6.45) is 1.78. The van der Waals surface area contributed by atoms with Crippen LogP contribution in [-0.2, 0) is 9.90 Å². The Kier molecular flexibility index (Phi) is 2.99. The van der Waals surface area contributed by atoms with Gasteiger partial charge in [0.25, 0.3) is 0 Å². The highest BCUT2D eigenvalue weighted by atomic mass is 16.4. The third-order valence-corrected chi connectivity index (χ3v) is 1.49. The zero-order chi connectivity index (χ0) is 7.44. The summed E-state index contributed by atoms with van der Waals surface area (Å²) in [6.45, 7) is 5.21. The van der Waals surface area contributed by atoms with Gasteiger partial charge in [-0.15, -0.1) is 0 Å². The molecule has 0 aliphatic carbocycles. The molecule has 0 fully saturated rings. The number of carbonyl (C=O) groups is 1. The minimum atomic E-state index is -1.01. The molecule has 2 nitrogen and oxygen atoms in total. The van der Waals surface area contributed by atoms with Crippen LogP contribution in [0.25, 0.3) is 0 Å². The maximum Gasteiger partial charge on any atom is 0.362 e. The van der Waals surface area contributed by atoms with Crippen molar-refractivity contribution in [2.45, 2.75) is 20.8 Å². The van der Waals surface area contributed by atoms with Gasteiger partial charge in [-0.1, -0.05) is 11.6 Å². The van der Waals surface area contributed by atoms with E-state index in [0.29, 0.717) is 0 Å². The van der Waals surface area contributed by atoms with Gasteiger partial charge in [0.05, 0.1) is 5.92 Å². The molecule has 0 saturated carbocycles. The molecular weight excluding hydrogens is 116 g/mol. The first-order valence-corrected chi connectivity index (χ1v) is 2.93. The minimum absolute atomic E-state index is 0.449. The van der Waals surface area contributed by atoms with Gasteiger partial charge in [-0.3, -0.25) is 0 Å². The van der Waals surface area contributed by atoms with E-state index in [-0.39, 0.29) is 0 Å². The summed E-state index contributed by atoms with van der Waals surface area (Å²) in [4.78, 5) is 10.1. The molecule has 0 heterocycles. The van der Waals surface area contributed by atoms with Crippen LogP contribution in [0.1, 0.15) is 20.8 Å². The van der Waals surface area contributed by atoms with Gasteiger partial charge >= 0.3 is 5.97 Å². The van der Waals surface area contributed by atoms with Crippen LogP contribution in [0, 0.1) is 5.92 Å². The Bertz CT molecular complexity index is 136. The Morgan fingerprint density at radius 3 is 2.11 bits per heavy atom. The predicted molar refractivity (Wildman–Crippen MR) is 34.3 cm³/mol. The van der Waals surface area contributed by atoms with Gasteiger partial charge in [-0.05, 0) is 20.8 Å². The lowest BCUT2D eigenvalue weighted by molar-refractivity contribution is -0.146. The first kappa shape index (κ1) is 8.21. The van der Waals surface area contributed by atoms with E-state index in [1.54, 1.807) is 19.9 Å². The lowest BCUT2D eigenvalue weighted by Gasteiger charge is -2.01. The molecule has 0 aromatic carbocycles. The Balaban J connectivity index is 4.04. The molecule has 0 rings (SSSR count). The van der Waals surface area contributed by atoms with Crippen molar-refractivity contribution >= 4 is 5.97 Å². The van der Waals surface area contributed by atoms with Crippen molar-refractivity contribution in [2.24, 2.45) is 5.92 Å². The van der Waals surface area contributed by atoms with Crippen LogP contribution in [0.4, 0.5) is 0 Å². The van der Waals surface area contributed by atoms with Gasteiger partial charge in [0.15, 0.2) is 0 Å². The van der Waals surface area contributed by atoms with Crippen molar-refractivity contribution in [2.75, 3.05) is 0 Å². The zero-order valence-corrected chi connectivity index (χ0v) is 5.97. The Morgan fingerprint density at radius 1 is 1.56 bits per heavy atom. The van der Waals surface area contributed by atoms with Crippen LogP contribution in [0.2, 0.25) is 0 Å². The molecule has 0 N–H and O–H groups in total. The second-order valence-corrected chi connectivity index (χ2v) is 2.07. The smallest absolute Gasteiger partial charge is 0.247 e. The third-order valence-electron chi connectivity index (χ3n) is 1.49. The fourth-order valence-corrected chi connectivity index (χ4v) is 0.436. The van der Waals surface area contributed by atoms with Gasteiger partial charge in [-0.2, -0.15) is 0 Å². The quantitative estimate of drug-likeness (QED) is 0.518. The van der Waals surface area contributed by atoms with E-state index in [1.807, 2.05) is 6.92 Å². The van der Waals surface area contributed by atoms with E-state index < -0.39 is 11.9 Å². The topological polar surface area (TPSA) is 37.0 Å². The number of allylic oxidation sites excluding steroid dienone is 1. The standard InChI is InChI=1S/C7H11O2/c1-4-5(2)6(3)7(8)9/h4,6H,1-3H3. The Labute approximate surface area is 55.2 Å². The fourth-order valence-electron chi connectivity index (χ4n) is 0.436. The molecule has 51 valence electrons. The van der Waals surface area contributed by atoms with E-state index in [1.165, 1.54) is 0 Å². The third kappa shape index (κ3) is 2.31. The van der Waals surface area contributed by atoms with Crippen molar-refractivity contribution in [3.8, 4) is 0 Å². The lowest BCUT2D eigenvalue weighted by Crippen LogP contribution is -2.08. The molecule has 0 bridgehead atoms. The van der Waals surface area contributed by atoms with Crippen molar-refractivity contribution in [1.29, 1.82) is 0 Å². The number of carbonyl (C=O) groups excluding carboxylic acids is 1. The van der Waals surface area contributed by atoms with Crippen LogP contribution >= 0.6 is 0 Å². The summed E-state index contributed by atoms with van der Waals surface area (Å²) in [7, 11) is 0. The molecule has 1 unspecified atom stereocenters. The van der Waals surface area contributed by atoms with E-state index in [9.17, 15) is 9.90 Å². The first-order valence-electron chi connectivity index (χ1n) is 2.93. The van der Waals surface area contributed by atoms with Crippen LogP contribution in [0.15, 0.2) is 11.6 Å². The molecule has 0 aromatic rings. The van der Waals surface area contributed by atoms with Crippen LogP contribution in [-0.4, -0.2) is 5.97 Å². The first-order chi connectivity index (χ1) is 4.09.